The zero-order valence-electron chi connectivity index (χ0n) is 17.5. The molecule has 0 N–H and O–H groups in total. The molecule has 1 heterocycles. The van der Waals surface area contributed by atoms with E-state index in [1.165, 1.54) is 11.8 Å². The Labute approximate surface area is 180 Å². The van der Waals surface area contributed by atoms with Crippen LogP contribution in [0.1, 0.15) is 36.1 Å². The molecule has 0 bridgehead atoms. The maximum absolute atomic E-state index is 12.5. The lowest BCUT2D eigenvalue weighted by molar-refractivity contribution is 0.102. The summed E-state index contributed by atoms with van der Waals surface area (Å²) in [4.78, 5) is 12.5. The Morgan fingerprint density at radius 1 is 1.03 bits per heavy atom. The quantitative estimate of drug-likeness (QED) is 0.350. The summed E-state index contributed by atoms with van der Waals surface area (Å²) < 4.78 is 18.4. The average molecular weight is 428 g/mol. The summed E-state index contributed by atoms with van der Waals surface area (Å²) in [5.74, 6) is 3.14. The van der Waals surface area contributed by atoms with E-state index >= 15 is 0 Å². The molecule has 0 fully saturated rings. The molecule has 3 rings (SSSR count). The smallest absolute Gasteiger partial charge is 0.191 e. The summed E-state index contributed by atoms with van der Waals surface area (Å²) in [5, 5.41) is 9.27. The topological polar surface area (TPSA) is 75.5 Å². The van der Waals surface area contributed by atoms with Gasteiger partial charge in [-0.15, -0.1) is 10.2 Å². The van der Waals surface area contributed by atoms with E-state index in [2.05, 4.69) is 10.2 Å². The third-order valence-corrected chi connectivity index (χ3v) is 5.49. The number of hydrogen-bond donors (Lipinski definition) is 0. The van der Waals surface area contributed by atoms with Gasteiger partial charge in [0.1, 0.15) is 17.2 Å². The maximum Gasteiger partial charge on any atom is 0.191 e. The Morgan fingerprint density at radius 3 is 2.40 bits per heavy atom. The highest BCUT2D eigenvalue weighted by Crippen LogP contribution is 2.27. The van der Waals surface area contributed by atoms with Gasteiger partial charge in [-0.3, -0.25) is 4.79 Å². The minimum atomic E-state index is -0.309. The van der Waals surface area contributed by atoms with E-state index in [9.17, 15) is 4.79 Å². The number of methoxy groups -OCH3 is 2. The molecule has 0 saturated carbocycles. The van der Waals surface area contributed by atoms with Crippen LogP contribution in [0.2, 0.25) is 0 Å². The van der Waals surface area contributed by atoms with Crippen molar-refractivity contribution in [3.8, 4) is 17.2 Å². The van der Waals surface area contributed by atoms with Crippen LogP contribution in [0.25, 0.3) is 0 Å². The lowest BCUT2D eigenvalue weighted by atomic mass is 10.1. The maximum atomic E-state index is 12.5. The molecule has 0 aliphatic carbocycles. The van der Waals surface area contributed by atoms with Crippen LogP contribution in [0.15, 0.2) is 53.7 Å². The van der Waals surface area contributed by atoms with E-state index in [1.54, 1.807) is 38.5 Å². The fraction of sp³-hybridized carbons (Fsp3) is 0.318. The van der Waals surface area contributed by atoms with Crippen molar-refractivity contribution >= 4 is 17.5 Å². The van der Waals surface area contributed by atoms with Crippen molar-refractivity contribution in [2.75, 3.05) is 20.0 Å². The molecule has 7 nitrogen and oxygen atoms in total. The van der Waals surface area contributed by atoms with Crippen molar-refractivity contribution in [2.24, 2.45) is 0 Å². The average Bonchev–Trinajstić information content (AvgIpc) is 3.20. The molecule has 30 heavy (non-hydrogen) atoms. The van der Waals surface area contributed by atoms with Crippen molar-refractivity contribution in [3.05, 3.63) is 59.9 Å². The molecule has 1 unspecified atom stereocenters. The first-order chi connectivity index (χ1) is 14.5. The summed E-state index contributed by atoms with van der Waals surface area (Å²) in [5.41, 5.74) is 0.640. The molecular weight excluding hydrogens is 402 g/mol. The summed E-state index contributed by atoms with van der Waals surface area (Å²) in [6.45, 7) is 4.61. The number of ketones is 1. The Kier molecular flexibility index (Phi) is 7.35. The Balaban J connectivity index is 1.67. The van der Waals surface area contributed by atoms with Crippen LogP contribution in [0.5, 0.6) is 17.2 Å². The standard InChI is InChI=1S/C22H25N3O4S/c1-5-25-21(15(2)29-19-8-6-7-18(13-19)28-4)23-24-22(25)30-14-20(26)16-9-11-17(27-3)12-10-16/h6-13,15H,5,14H2,1-4H3. The Bertz CT molecular complexity index is 988. The van der Waals surface area contributed by atoms with Gasteiger partial charge in [-0.25, -0.2) is 0 Å². The van der Waals surface area contributed by atoms with Gasteiger partial charge in [0, 0.05) is 18.2 Å². The van der Waals surface area contributed by atoms with E-state index in [4.69, 9.17) is 14.2 Å². The molecule has 0 amide bonds. The predicted octanol–water partition coefficient (Wildman–Crippen LogP) is 4.43. The summed E-state index contributed by atoms with van der Waals surface area (Å²) >= 11 is 1.37. The van der Waals surface area contributed by atoms with Crippen molar-refractivity contribution in [2.45, 2.75) is 31.7 Å². The number of thioether (sulfide) groups is 1. The highest BCUT2D eigenvalue weighted by Gasteiger charge is 2.20. The molecule has 1 aromatic heterocycles. The molecule has 8 heteroatoms. The Hall–Kier alpha value is -3.00. The van der Waals surface area contributed by atoms with Gasteiger partial charge in [0.05, 0.1) is 20.0 Å². The largest absolute Gasteiger partial charge is 0.497 e. The van der Waals surface area contributed by atoms with E-state index in [1.807, 2.05) is 42.7 Å². The molecule has 158 valence electrons. The number of aromatic nitrogens is 3. The van der Waals surface area contributed by atoms with Crippen molar-refractivity contribution < 1.29 is 19.0 Å². The summed E-state index contributed by atoms with van der Waals surface area (Å²) in [6.07, 6.45) is -0.309. The minimum absolute atomic E-state index is 0.0236. The molecule has 0 saturated heterocycles. The molecule has 0 radical (unpaired) electrons. The number of nitrogens with zero attached hydrogens (tertiary/aromatic N) is 3. The van der Waals surface area contributed by atoms with Crippen molar-refractivity contribution in [1.82, 2.24) is 14.8 Å². The van der Waals surface area contributed by atoms with Crippen LogP contribution < -0.4 is 14.2 Å². The van der Waals surface area contributed by atoms with E-state index in [0.717, 1.165) is 11.5 Å². The van der Waals surface area contributed by atoms with Gasteiger partial charge in [0.2, 0.25) is 0 Å². The first-order valence-corrected chi connectivity index (χ1v) is 10.6. The number of hydrogen-bond acceptors (Lipinski definition) is 7. The monoisotopic (exact) mass is 427 g/mol. The first kappa shape index (κ1) is 21.7. The second-order valence-corrected chi connectivity index (χ2v) is 7.41. The number of rotatable bonds is 10. The van der Waals surface area contributed by atoms with Crippen LogP contribution in [-0.4, -0.2) is 40.5 Å². The molecule has 1 atom stereocenters. The fourth-order valence-corrected chi connectivity index (χ4v) is 3.83. The fourth-order valence-electron chi connectivity index (χ4n) is 2.93. The van der Waals surface area contributed by atoms with Crippen LogP contribution in [0.4, 0.5) is 0 Å². The molecule has 3 aromatic rings. The molecule has 0 aliphatic heterocycles. The zero-order valence-corrected chi connectivity index (χ0v) is 18.3. The third-order valence-electron chi connectivity index (χ3n) is 4.52. The van der Waals surface area contributed by atoms with Gasteiger partial charge < -0.3 is 18.8 Å². The zero-order chi connectivity index (χ0) is 21.5. The van der Waals surface area contributed by atoms with Gasteiger partial charge in [-0.05, 0) is 50.2 Å². The summed E-state index contributed by atoms with van der Waals surface area (Å²) in [7, 11) is 3.22. The molecular formula is C22H25N3O4S. The van der Waals surface area contributed by atoms with Gasteiger partial charge in [-0.2, -0.15) is 0 Å². The van der Waals surface area contributed by atoms with Crippen molar-refractivity contribution in [3.63, 3.8) is 0 Å². The number of ether oxygens (including phenoxy) is 3. The number of carbonyl (C=O) groups is 1. The first-order valence-electron chi connectivity index (χ1n) is 9.59. The lowest BCUT2D eigenvalue weighted by Crippen LogP contribution is -2.12. The second kappa shape index (κ2) is 10.2. The number of Topliss-reactive ketones (excluding diaryl/α,β-unsaturated/α-hetero) is 1. The van der Waals surface area contributed by atoms with E-state index in [0.29, 0.717) is 28.8 Å². The van der Waals surface area contributed by atoms with E-state index in [-0.39, 0.29) is 17.6 Å². The van der Waals surface area contributed by atoms with Gasteiger partial charge in [-0.1, -0.05) is 17.8 Å². The molecule has 0 aliphatic rings. The highest BCUT2D eigenvalue weighted by molar-refractivity contribution is 7.99. The van der Waals surface area contributed by atoms with Crippen LogP contribution in [0, 0.1) is 0 Å². The van der Waals surface area contributed by atoms with Crippen LogP contribution >= 0.6 is 11.8 Å². The molecule has 0 spiro atoms. The van der Waals surface area contributed by atoms with Crippen LogP contribution in [-0.2, 0) is 6.54 Å². The summed E-state index contributed by atoms with van der Waals surface area (Å²) in [6, 6.07) is 14.5. The Morgan fingerprint density at radius 2 is 1.73 bits per heavy atom. The highest BCUT2D eigenvalue weighted by atomic mass is 32.2. The minimum Gasteiger partial charge on any atom is -0.497 e. The SMILES string of the molecule is CCn1c(SCC(=O)c2ccc(OC)cc2)nnc1C(C)Oc1cccc(OC)c1. The second-order valence-electron chi connectivity index (χ2n) is 6.46. The van der Waals surface area contributed by atoms with Crippen molar-refractivity contribution in [1.29, 1.82) is 0 Å². The molecule has 2 aromatic carbocycles. The number of benzene rings is 2. The van der Waals surface area contributed by atoms with Gasteiger partial charge in [0.15, 0.2) is 22.9 Å². The predicted molar refractivity (Wildman–Crippen MR) is 116 cm³/mol. The third kappa shape index (κ3) is 5.13. The van der Waals surface area contributed by atoms with Gasteiger partial charge >= 0.3 is 0 Å². The lowest BCUT2D eigenvalue weighted by Gasteiger charge is -2.16. The van der Waals surface area contributed by atoms with E-state index < -0.39 is 0 Å². The normalized spacial score (nSPS) is 11.7. The van der Waals surface area contributed by atoms with Gasteiger partial charge in [0.25, 0.3) is 0 Å². The number of carbonyl (C=O) groups excluding carboxylic acids is 1. The van der Waals surface area contributed by atoms with Crippen LogP contribution in [0.3, 0.4) is 0 Å².